The van der Waals surface area contributed by atoms with Crippen LogP contribution >= 0.6 is 0 Å². The highest BCUT2D eigenvalue weighted by Gasteiger charge is 2.01. The third-order valence-electron chi connectivity index (χ3n) is 1.44. The molecule has 0 radical (unpaired) electrons. The lowest BCUT2D eigenvalue weighted by molar-refractivity contribution is 0.739. The summed E-state index contributed by atoms with van der Waals surface area (Å²) in [6.07, 6.45) is 5.09. The molecular formula is C7H11N3. The van der Waals surface area contributed by atoms with Gasteiger partial charge < -0.3 is 5.73 Å². The predicted molar refractivity (Wildman–Crippen MR) is 39.5 cm³/mol. The van der Waals surface area contributed by atoms with E-state index in [0.717, 1.165) is 5.69 Å². The van der Waals surface area contributed by atoms with Crippen LogP contribution in [0.15, 0.2) is 18.6 Å². The first kappa shape index (κ1) is 7.15. The molecule has 1 heterocycles. The van der Waals surface area contributed by atoms with Gasteiger partial charge in [0, 0.05) is 31.1 Å². The fourth-order valence-electron chi connectivity index (χ4n) is 0.686. The Kier molecular flexibility index (Phi) is 2.34. The Morgan fingerprint density at radius 2 is 2.40 bits per heavy atom. The molecule has 3 nitrogen and oxygen atoms in total. The van der Waals surface area contributed by atoms with Gasteiger partial charge >= 0.3 is 0 Å². The van der Waals surface area contributed by atoms with Crippen LogP contribution in [0.2, 0.25) is 0 Å². The van der Waals surface area contributed by atoms with Crippen LogP contribution in [0, 0.1) is 0 Å². The average molecular weight is 137 g/mol. The summed E-state index contributed by atoms with van der Waals surface area (Å²) >= 11 is 0. The minimum atomic E-state index is 0.314. The largest absolute Gasteiger partial charge is 0.330 e. The van der Waals surface area contributed by atoms with Crippen molar-refractivity contribution in [3.63, 3.8) is 0 Å². The third kappa shape index (κ3) is 1.51. The van der Waals surface area contributed by atoms with E-state index in [4.69, 9.17) is 5.73 Å². The molecule has 0 aliphatic carbocycles. The first-order valence-corrected chi connectivity index (χ1v) is 3.30. The molecule has 0 saturated carbocycles. The van der Waals surface area contributed by atoms with Crippen LogP contribution in [-0.4, -0.2) is 16.5 Å². The van der Waals surface area contributed by atoms with Gasteiger partial charge in [-0.25, -0.2) is 0 Å². The molecule has 0 unspecified atom stereocenters. The molecule has 1 atom stereocenters. The zero-order valence-corrected chi connectivity index (χ0v) is 5.99. The Balaban J connectivity index is 2.75. The number of nitrogens with two attached hydrogens (primary N) is 1. The summed E-state index contributed by atoms with van der Waals surface area (Å²) < 4.78 is 0. The Labute approximate surface area is 60.3 Å². The molecule has 1 rings (SSSR count). The number of rotatable bonds is 2. The van der Waals surface area contributed by atoms with Gasteiger partial charge in [0.05, 0.1) is 5.69 Å². The molecule has 10 heavy (non-hydrogen) atoms. The van der Waals surface area contributed by atoms with E-state index in [1.807, 2.05) is 6.92 Å². The van der Waals surface area contributed by atoms with Crippen molar-refractivity contribution in [1.29, 1.82) is 0 Å². The topological polar surface area (TPSA) is 51.8 Å². The highest BCUT2D eigenvalue weighted by atomic mass is 14.8. The molecule has 54 valence electrons. The molecule has 0 amide bonds. The first-order chi connectivity index (χ1) is 4.84. The van der Waals surface area contributed by atoms with Crippen LogP contribution in [0.1, 0.15) is 18.5 Å². The molecule has 1 aromatic rings. The third-order valence-corrected chi connectivity index (χ3v) is 1.44. The maximum atomic E-state index is 5.44. The van der Waals surface area contributed by atoms with E-state index in [9.17, 15) is 0 Å². The monoisotopic (exact) mass is 137 g/mol. The minimum absolute atomic E-state index is 0.314. The van der Waals surface area contributed by atoms with Crippen molar-refractivity contribution in [2.45, 2.75) is 12.8 Å². The molecule has 2 N–H and O–H groups in total. The lowest BCUT2D eigenvalue weighted by Crippen LogP contribution is -2.10. The van der Waals surface area contributed by atoms with Crippen molar-refractivity contribution in [3.05, 3.63) is 24.3 Å². The quantitative estimate of drug-likeness (QED) is 0.647. The van der Waals surface area contributed by atoms with Crippen LogP contribution in [-0.2, 0) is 0 Å². The number of hydrogen-bond acceptors (Lipinski definition) is 3. The van der Waals surface area contributed by atoms with E-state index in [1.165, 1.54) is 0 Å². The highest BCUT2D eigenvalue weighted by molar-refractivity contribution is 5.01. The fraction of sp³-hybridized carbons (Fsp3) is 0.429. The van der Waals surface area contributed by atoms with Crippen LogP contribution in [0.25, 0.3) is 0 Å². The molecule has 0 bridgehead atoms. The summed E-state index contributed by atoms with van der Waals surface area (Å²) in [6.45, 7) is 2.66. The molecule has 0 saturated heterocycles. The van der Waals surface area contributed by atoms with Crippen LogP contribution in [0.5, 0.6) is 0 Å². The predicted octanol–water partition coefficient (Wildman–Crippen LogP) is 0.539. The van der Waals surface area contributed by atoms with Crippen molar-refractivity contribution in [2.24, 2.45) is 5.73 Å². The molecule has 0 spiro atoms. The van der Waals surface area contributed by atoms with Crippen molar-refractivity contribution in [1.82, 2.24) is 9.97 Å². The van der Waals surface area contributed by atoms with Gasteiger partial charge in [-0.1, -0.05) is 6.92 Å². The van der Waals surface area contributed by atoms with Crippen LogP contribution in [0.3, 0.4) is 0 Å². The molecular weight excluding hydrogens is 126 g/mol. The lowest BCUT2D eigenvalue weighted by Gasteiger charge is -2.04. The molecule has 0 aromatic carbocycles. The van der Waals surface area contributed by atoms with Crippen molar-refractivity contribution >= 4 is 0 Å². The van der Waals surface area contributed by atoms with Gasteiger partial charge in [0.15, 0.2) is 0 Å². The maximum absolute atomic E-state index is 5.44. The fourth-order valence-corrected chi connectivity index (χ4v) is 0.686. The summed E-state index contributed by atoms with van der Waals surface area (Å²) in [5.41, 5.74) is 6.40. The molecule has 0 aliphatic rings. The molecule has 0 aliphatic heterocycles. The van der Waals surface area contributed by atoms with Gasteiger partial charge in [0.25, 0.3) is 0 Å². The Morgan fingerprint density at radius 1 is 1.60 bits per heavy atom. The van der Waals surface area contributed by atoms with Gasteiger partial charge in [-0.15, -0.1) is 0 Å². The Morgan fingerprint density at radius 3 is 2.90 bits per heavy atom. The van der Waals surface area contributed by atoms with E-state index in [-0.39, 0.29) is 0 Å². The zero-order valence-electron chi connectivity index (χ0n) is 5.99. The summed E-state index contributed by atoms with van der Waals surface area (Å²) in [5.74, 6) is 0.314. The van der Waals surface area contributed by atoms with Crippen molar-refractivity contribution in [2.75, 3.05) is 6.54 Å². The number of nitrogens with zero attached hydrogens (tertiary/aromatic N) is 2. The molecule has 1 aromatic heterocycles. The zero-order chi connectivity index (χ0) is 7.40. The summed E-state index contributed by atoms with van der Waals surface area (Å²) in [4.78, 5) is 8.04. The average Bonchev–Trinajstić information content (AvgIpc) is 2.05. The Hall–Kier alpha value is -0.960. The van der Waals surface area contributed by atoms with Crippen LogP contribution in [0.4, 0.5) is 0 Å². The van der Waals surface area contributed by atoms with Crippen molar-refractivity contribution in [3.8, 4) is 0 Å². The van der Waals surface area contributed by atoms with Gasteiger partial charge in [0.1, 0.15) is 0 Å². The van der Waals surface area contributed by atoms with E-state index in [1.54, 1.807) is 18.6 Å². The van der Waals surface area contributed by atoms with Gasteiger partial charge in [-0.05, 0) is 0 Å². The van der Waals surface area contributed by atoms with E-state index < -0.39 is 0 Å². The van der Waals surface area contributed by atoms with Gasteiger partial charge in [0.2, 0.25) is 0 Å². The number of aromatic nitrogens is 2. The van der Waals surface area contributed by atoms with E-state index in [0.29, 0.717) is 12.5 Å². The van der Waals surface area contributed by atoms with Crippen molar-refractivity contribution < 1.29 is 0 Å². The Bertz CT molecular complexity index is 185. The van der Waals surface area contributed by atoms with E-state index >= 15 is 0 Å². The second kappa shape index (κ2) is 3.27. The normalized spacial score (nSPS) is 13.0. The summed E-state index contributed by atoms with van der Waals surface area (Å²) in [7, 11) is 0. The SMILES string of the molecule is C[C@@H](CN)c1cnccn1. The second-order valence-corrected chi connectivity index (χ2v) is 2.27. The van der Waals surface area contributed by atoms with Gasteiger partial charge in [-0.3, -0.25) is 9.97 Å². The second-order valence-electron chi connectivity index (χ2n) is 2.27. The standard InChI is InChI=1S/C7H11N3/c1-6(4-8)7-5-9-2-3-10-7/h2-3,5-6H,4,8H2,1H3/t6-/m0/s1. The smallest absolute Gasteiger partial charge is 0.0627 e. The highest BCUT2D eigenvalue weighted by Crippen LogP contribution is 2.06. The minimum Gasteiger partial charge on any atom is -0.330 e. The summed E-state index contributed by atoms with van der Waals surface area (Å²) in [5, 5.41) is 0. The van der Waals surface area contributed by atoms with E-state index in [2.05, 4.69) is 9.97 Å². The lowest BCUT2D eigenvalue weighted by atomic mass is 10.1. The first-order valence-electron chi connectivity index (χ1n) is 3.30. The van der Waals surface area contributed by atoms with Gasteiger partial charge in [-0.2, -0.15) is 0 Å². The number of hydrogen-bond donors (Lipinski definition) is 1. The molecule has 3 heteroatoms. The maximum Gasteiger partial charge on any atom is 0.0627 e. The summed E-state index contributed by atoms with van der Waals surface area (Å²) in [6, 6.07) is 0. The molecule has 0 fully saturated rings. The van der Waals surface area contributed by atoms with Crippen LogP contribution < -0.4 is 5.73 Å².